The normalized spacial score (nSPS) is 9.94. The summed E-state index contributed by atoms with van der Waals surface area (Å²) < 4.78 is 0. The highest BCUT2D eigenvalue weighted by atomic mass is 16.4. The lowest BCUT2D eigenvalue weighted by atomic mass is 10.2. The minimum absolute atomic E-state index is 0.227. The molecule has 1 aromatic carbocycles. The Morgan fingerprint density at radius 3 is 2.53 bits per heavy atom. The second-order valence-corrected chi connectivity index (χ2v) is 4.02. The number of nitrogens with zero attached hydrogens (tertiary/aromatic N) is 1. The van der Waals surface area contributed by atoms with Crippen LogP contribution in [0, 0.1) is 0 Å². The Morgan fingerprint density at radius 1 is 1.35 bits per heavy atom. The monoisotopic (exact) mass is 233 g/mol. The van der Waals surface area contributed by atoms with Crippen molar-refractivity contribution in [1.29, 1.82) is 0 Å². The van der Waals surface area contributed by atoms with Crippen molar-refractivity contribution < 1.29 is 9.90 Å². The number of carbonyl (C=O) groups is 1. The molecule has 0 heterocycles. The molecule has 0 aliphatic heterocycles. The van der Waals surface area contributed by atoms with Gasteiger partial charge >= 0.3 is 5.97 Å². The first-order chi connectivity index (χ1) is 8.15. The molecule has 17 heavy (non-hydrogen) atoms. The number of para-hydroxylation sites is 1. The molecule has 3 nitrogen and oxygen atoms in total. The number of unbranched alkanes of at least 4 members (excludes halogenated alkanes) is 1. The van der Waals surface area contributed by atoms with Crippen LogP contribution in [0.5, 0.6) is 0 Å². The van der Waals surface area contributed by atoms with E-state index in [1.54, 1.807) is 0 Å². The maximum atomic E-state index is 10.8. The lowest BCUT2D eigenvalue weighted by molar-refractivity contribution is -0.132. The van der Waals surface area contributed by atoms with Crippen LogP contribution in [0.3, 0.4) is 0 Å². The zero-order valence-electron chi connectivity index (χ0n) is 10.2. The van der Waals surface area contributed by atoms with Crippen LogP contribution in [0.2, 0.25) is 0 Å². The quantitative estimate of drug-likeness (QED) is 0.736. The molecule has 3 heteroatoms. The van der Waals surface area contributed by atoms with Gasteiger partial charge in [-0.1, -0.05) is 38.1 Å². The number of benzene rings is 1. The molecular formula is C14H19NO2. The Labute approximate surface area is 102 Å². The highest BCUT2D eigenvalue weighted by Crippen LogP contribution is 2.15. The summed E-state index contributed by atoms with van der Waals surface area (Å²) in [5.74, 6) is -0.928. The molecule has 1 aromatic rings. The third kappa shape index (κ3) is 4.31. The average molecular weight is 233 g/mol. The molecule has 0 unspecified atom stereocenters. The average Bonchev–Trinajstić information content (AvgIpc) is 2.35. The summed E-state index contributed by atoms with van der Waals surface area (Å²) >= 11 is 0. The van der Waals surface area contributed by atoms with Crippen molar-refractivity contribution in [2.45, 2.75) is 19.8 Å². The molecule has 0 aliphatic rings. The Kier molecular flexibility index (Phi) is 5.27. The Morgan fingerprint density at radius 2 is 2.00 bits per heavy atom. The Hall–Kier alpha value is -1.77. The van der Waals surface area contributed by atoms with E-state index >= 15 is 0 Å². The van der Waals surface area contributed by atoms with E-state index < -0.39 is 5.97 Å². The zero-order chi connectivity index (χ0) is 12.7. The second-order valence-electron chi connectivity index (χ2n) is 4.02. The van der Waals surface area contributed by atoms with Gasteiger partial charge in [-0.05, 0) is 18.6 Å². The maximum absolute atomic E-state index is 10.8. The molecule has 0 bridgehead atoms. The van der Waals surface area contributed by atoms with Crippen LogP contribution in [0.4, 0.5) is 5.69 Å². The third-order valence-corrected chi connectivity index (χ3v) is 2.59. The van der Waals surface area contributed by atoms with E-state index in [4.69, 9.17) is 5.11 Å². The molecule has 0 atom stereocenters. The van der Waals surface area contributed by atoms with E-state index in [2.05, 4.69) is 18.4 Å². The summed E-state index contributed by atoms with van der Waals surface area (Å²) in [5.41, 5.74) is 1.27. The highest BCUT2D eigenvalue weighted by molar-refractivity contribution is 5.87. The number of carboxylic acid groups (broad SMARTS) is 1. The first kappa shape index (κ1) is 13.3. The summed E-state index contributed by atoms with van der Waals surface area (Å²) in [6.45, 7) is 6.93. The van der Waals surface area contributed by atoms with Gasteiger partial charge in [0.25, 0.3) is 0 Å². The van der Waals surface area contributed by atoms with Gasteiger partial charge in [-0.25, -0.2) is 4.79 Å². The first-order valence-electron chi connectivity index (χ1n) is 5.86. The van der Waals surface area contributed by atoms with Gasteiger partial charge in [0.2, 0.25) is 0 Å². The van der Waals surface area contributed by atoms with Gasteiger partial charge < -0.3 is 10.0 Å². The second kappa shape index (κ2) is 6.74. The predicted molar refractivity (Wildman–Crippen MR) is 70.3 cm³/mol. The van der Waals surface area contributed by atoms with Crippen LogP contribution in [0.1, 0.15) is 19.8 Å². The van der Waals surface area contributed by atoms with Crippen LogP contribution in [0.15, 0.2) is 42.5 Å². The van der Waals surface area contributed by atoms with E-state index in [1.165, 1.54) is 0 Å². The van der Waals surface area contributed by atoms with Gasteiger partial charge in [0, 0.05) is 24.4 Å². The van der Waals surface area contributed by atoms with Gasteiger partial charge in [-0.3, -0.25) is 0 Å². The lowest BCUT2D eigenvalue weighted by Crippen LogP contribution is -2.28. The molecule has 0 aromatic heterocycles. The molecule has 1 rings (SSSR count). The number of anilines is 1. The number of aliphatic carboxylic acids is 1. The Balaban J connectivity index is 2.74. The van der Waals surface area contributed by atoms with Crippen molar-refractivity contribution in [3.8, 4) is 0 Å². The predicted octanol–water partition coefficient (Wildman–Crippen LogP) is 2.93. The van der Waals surface area contributed by atoms with Crippen molar-refractivity contribution in [2.75, 3.05) is 18.0 Å². The fraction of sp³-hybridized carbons (Fsp3) is 0.357. The van der Waals surface area contributed by atoms with Crippen molar-refractivity contribution in [3.63, 3.8) is 0 Å². The van der Waals surface area contributed by atoms with Crippen molar-refractivity contribution in [3.05, 3.63) is 42.5 Å². The van der Waals surface area contributed by atoms with Gasteiger partial charge in [0.05, 0.1) is 0 Å². The topological polar surface area (TPSA) is 40.5 Å². The SMILES string of the molecule is C=C(CN(CCCC)c1ccccc1)C(=O)O. The van der Waals surface area contributed by atoms with Gasteiger partial charge in [0.15, 0.2) is 0 Å². The minimum Gasteiger partial charge on any atom is -0.478 e. The standard InChI is InChI=1S/C14H19NO2/c1-3-4-10-15(11-12(2)14(16)17)13-8-6-5-7-9-13/h5-9H,2-4,10-11H2,1H3,(H,16,17). The fourth-order valence-electron chi connectivity index (χ4n) is 1.59. The molecule has 0 saturated carbocycles. The van der Waals surface area contributed by atoms with Crippen LogP contribution in [0.25, 0.3) is 0 Å². The molecule has 0 aliphatic carbocycles. The third-order valence-electron chi connectivity index (χ3n) is 2.59. The largest absolute Gasteiger partial charge is 0.478 e. The molecule has 1 N–H and O–H groups in total. The minimum atomic E-state index is -0.928. The van der Waals surface area contributed by atoms with E-state index in [-0.39, 0.29) is 5.57 Å². The van der Waals surface area contributed by atoms with Crippen molar-refractivity contribution in [1.82, 2.24) is 0 Å². The summed E-state index contributed by atoms with van der Waals surface area (Å²) in [7, 11) is 0. The zero-order valence-corrected chi connectivity index (χ0v) is 10.2. The number of carboxylic acids is 1. The van der Waals surface area contributed by atoms with E-state index in [0.717, 1.165) is 25.1 Å². The lowest BCUT2D eigenvalue weighted by Gasteiger charge is -2.24. The Bertz CT molecular complexity index is 373. The summed E-state index contributed by atoms with van der Waals surface area (Å²) in [6, 6.07) is 9.85. The van der Waals surface area contributed by atoms with Gasteiger partial charge in [0.1, 0.15) is 0 Å². The van der Waals surface area contributed by atoms with Crippen LogP contribution >= 0.6 is 0 Å². The van der Waals surface area contributed by atoms with E-state index in [1.807, 2.05) is 30.3 Å². The van der Waals surface area contributed by atoms with Crippen LogP contribution in [-0.2, 0) is 4.79 Å². The molecule has 92 valence electrons. The molecule has 0 amide bonds. The smallest absolute Gasteiger partial charge is 0.332 e. The van der Waals surface area contributed by atoms with E-state index in [0.29, 0.717) is 6.54 Å². The van der Waals surface area contributed by atoms with E-state index in [9.17, 15) is 4.79 Å². The first-order valence-corrected chi connectivity index (χ1v) is 5.86. The molecule has 0 spiro atoms. The molecular weight excluding hydrogens is 214 g/mol. The van der Waals surface area contributed by atoms with Crippen LogP contribution in [-0.4, -0.2) is 24.2 Å². The van der Waals surface area contributed by atoms with Gasteiger partial charge in [-0.15, -0.1) is 0 Å². The number of rotatable bonds is 7. The van der Waals surface area contributed by atoms with Crippen LogP contribution < -0.4 is 4.90 Å². The summed E-state index contributed by atoms with van der Waals surface area (Å²) in [6.07, 6.45) is 2.13. The number of hydrogen-bond acceptors (Lipinski definition) is 2. The van der Waals surface area contributed by atoms with Gasteiger partial charge in [-0.2, -0.15) is 0 Å². The fourth-order valence-corrected chi connectivity index (χ4v) is 1.59. The molecule has 0 saturated heterocycles. The highest BCUT2D eigenvalue weighted by Gasteiger charge is 2.11. The molecule has 0 radical (unpaired) electrons. The molecule has 0 fully saturated rings. The summed E-state index contributed by atoms with van der Waals surface area (Å²) in [4.78, 5) is 12.9. The van der Waals surface area contributed by atoms with Crippen molar-refractivity contribution in [2.24, 2.45) is 0 Å². The summed E-state index contributed by atoms with van der Waals surface area (Å²) in [5, 5.41) is 8.88. The number of hydrogen-bond donors (Lipinski definition) is 1. The maximum Gasteiger partial charge on any atom is 0.332 e. The van der Waals surface area contributed by atoms with Crippen molar-refractivity contribution >= 4 is 11.7 Å².